The lowest BCUT2D eigenvalue weighted by molar-refractivity contribution is -0.00862. The fraction of sp³-hybridized carbons (Fsp3) is 0.625. The van der Waals surface area contributed by atoms with Crippen molar-refractivity contribution in [1.82, 2.24) is 4.90 Å². The molecule has 0 aromatic heterocycles. The van der Waals surface area contributed by atoms with Gasteiger partial charge in [0, 0.05) is 19.2 Å². The van der Waals surface area contributed by atoms with Gasteiger partial charge in [0.05, 0.1) is 6.10 Å². The molecule has 0 aliphatic carbocycles. The minimum absolute atomic E-state index is 0.391. The molecule has 1 aromatic carbocycles. The summed E-state index contributed by atoms with van der Waals surface area (Å²) in [7, 11) is 0. The van der Waals surface area contributed by atoms with Gasteiger partial charge in [0.25, 0.3) is 0 Å². The Morgan fingerprint density at radius 2 is 2.16 bits per heavy atom. The molecule has 0 amide bonds. The number of hydrogen-bond acceptors (Lipinski definition) is 3. The molecule has 2 rings (SSSR count). The van der Waals surface area contributed by atoms with Gasteiger partial charge >= 0.3 is 0 Å². The first-order chi connectivity index (χ1) is 9.35. The average Bonchev–Trinajstić information content (AvgIpc) is 2.46. The Bertz CT molecular complexity index is 353. The van der Waals surface area contributed by atoms with E-state index in [1.807, 2.05) is 0 Å². The summed E-state index contributed by atoms with van der Waals surface area (Å²) in [5, 5.41) is 0. The van der Waals surface area contributed by atoms with Crippen molar-refractivity contribution in [3.63, 3.8) is 0 Å². The summed E-state index contributed by atoms with van der Waals surface area (Å²) in [5.74, 6) is 0. The average molecular weight is 262 g/mol. The van der Waals surface area contributed by atoms with Gasteiger partial charge in [-0.15, -0.1) is 0 Å². The van der Waals surface area contributed by atoms with Crippen molar-refractivity contribution < 1.29 is 4.74 Å². The zero-order valence-corrected chi connectivity index (χ0v) is 11.9. The van der Waals surface area contributed by atoms with Gasteiger partial charge in [0.2, 0.25) is 0 Å². The van der Waals surface area contributed by atoms with Gasteiger partial charge in [-0.3, -0.25) is 4.90 Å². The van der Waals surface area contributed by atoms with Crippen LogP contribution in [-0.2, 0) is 4.74 Å². The highest BCUT2D eigenvalue weighted by Gasteiger charge is 2.26. The second kappa shape index (κ2) is 7.63. The smallest absolute Gasteiger partial charge is 0.0702 e. The van der Waals surface area contributed by atoms with E-state index in [0.717, 1.165) is 32.7 Å². The normalized spacial score (nSPS) is 22.3. The van der Waals surface area contributed by atoms with E-state index >= 15 is 0 Å². The quantitative estimate of drug-likeness (QED) is 0.856. The topological polar surface area (TPSA) is 38.5 Å². The van der Waals surface area contributed by atoms with Crippen molar-refractivity contribution in [2.24, 2.45) is 5.73 Å². The molecule has 0 spiro atoms. The van der Waals surface area contributed by atoms with E-state index in [9.17, 15) is 0 Å². The molecule has 2 atom stereocenters. The number of rotatable bonds is 6. The third-order valence-corrected chi connectivity index (χ3v) is 3.88. The fourth-order valence-corrected chi connectivity index (χ4v) is 3.01. The van der Waals surface area contributed by atoms with Crippen LogP contribution in [0.5, 0.6) is 0 Å². The van der Waals surface area contributed by atoms with E-state index in [2.05, 4.69) is 42.2 Å². The summed E-state index contributed by atoms with van der Waals surface area (Å²) in [5.41, 5.74) is 7.19. The van der Waals surface area contributed by atoms with Gasteiger partial charge in [-0.2, -0.15) is 0 Å². The third-order valence-electron chi connectivity index (χ3n) is 3.88. The first kappa shape index (κ1) is 14.5. The monoisotopic (exact) mass is 262 g/mol. The molecule has 1 aromatic rings. The second-order valence-corrected chi connectivity index (χ2v) is 5.22. The Hall–Kier alpha value is -0.900. The second-order valence-electron chi connectivity index (χ2n) is 5.22. The van der Waals surface area contributed by atoms with Crippen LogP contribution in [0.15, 0.2) is 30.3 Å². The van der Waals surface area contributed by atoms with Crippen LogP contribution in [-0.4, -0.2) is 37.2 Å². The Balaban J connectivity index is 2.06. The van der Waals surface area contributed by atoms with Crippen LogP contribution >= 0.6 is 0 Å². The molecule has 0 radical (unpaired) electrons. The maximum Gasteiger partial charge on any atom is 0.0702 e. The lowest BCUT2D eigenvalue weighted by atomic mass is 9.98. The van der Waals surface area contributed by atoms with Crippen LogP contribution in [0.25, 0.3) is 0 Å². The molecule has 2 N–H and O–H groups in total. The number of likely N-dealkylation sites (tertiary alicyclic amines) is 1. The number of nitrogens with zero attached hydrogens (tertiary/aromatic N) is 1. The molecule has 1 aliphatic rings. The van der Waals surface area contributed by atoms with E-state index in [1.165, 1.54) is 18.4 Å². The summed E-state index contributed by atoms with van der Waals surface area (Å²) in [6.45, 7) is 5.81. The van der Waals surface area contributed by atoms with Crippen LogP contribution in [0.3, 0.4) is 0 Å². The van der Waals surface area contributed by atoms with Gasteiger partial charge in [0.1, 0.15) is 0 Å². The van der Waals surface area contributed by atoms with Crippen molar-refractivity contribution >= 4 is 0 Å². The van der Waals surface area contributed by atoms with E-state index in [1.54, 1.807) is 0 Å². The Morgan fingerprint density at radius 3 is 2.84 bits per heavy atom. The zero-order chi connectivity index (χ0) is 13.5. The van der Waals surface area contributed by atoms with Crippen molar-refractivity contribution in [3.8, 4) is 0 Å². The maximum absolute atomic E-state index is 5.81. The molecular weight excluding hydrogens is 236 g/mol. The molecule has 3 heteroatoms. The number of piperidine rings is 1. The number of benzene rings is 1. The number of nitrogens with two attached hydrogens (primary N) is 1. The molecule has 1 saturated heterocycles. The summed E-state index contributed by atoms with van der Waals surface area (Å²) >= 11 is 0. The minimum Gasteiger partial charge on any atom is -0.377 e. The molecule has 1 aliphatic heterocycles. The van der Waals surface area contributed by atoms with Crippen LogP contribution in [0.4, 0.5) is 0 Å². The number of hydrogen-bond donors (Lipinski definition) is 1. The predicted octanol–water partition coefficient (Wildman–Crippen LogP) is 2.58. The molecule has 3 nitrogen and oxygen atoms in total. The van der Waals surface area contributed by atoms with Gasteiger partial charge in [-0.1, -0.05) is 30.3 Å². The van der Waals surface area contributed by atoms with Gasteiger partial charge in [-0.25, -0.2) is 0 Å². The van der Waals surface area contributed by atoms with Crippen molar-refractivity contribution in [2.45, 2.75) is 38.3 Å². The van der Waals surface area contributed by atoms with Crippen molar-refractivity contribution in [2.75, 3.05) is 26.2 Å². The Morgan fingerprint density at radius 1 is 1.37 bits per heavy atom. The Labute approximate surface area is 116 Å². The first-order valence-electron chi connectivity index (χ1n) is 7.45. The maximum atomic E-state index is 5.81. The summed E-state index contributed by atoms with van der Waals surface area (Å²) < 4.78 is 5.80. The summed E-state index contributed by atoms with van der Waals surface area (Å²) in [6.07, 6.45) is 3.82. The third kappa shape index (κ3) is 4.03. The molecule has 1 heterocycles. The molecule has 0 bridgehead atoms. The molecule has 0 saturated carbocycles. The lowest BCUT2D eigenvalue weighted by Gasteiger charge is -2.38. The predicted molar refractivity (Wildman–Crippen MR) is 79.1 cm³/mol. The van der Waals surface area contributed by atoms with Crippen LogP contribution in [0, 0.1) is 0 Å². The highest BCUT2D eigenvalue weighted by atomic mass is 16.5. The SMILES string of the molecule is CCOC1CCCN(C(CCN)c2ccccc2)C1. The zero-order valence-electron chi connectivity index (χ0n) is 11.9. The summed E-state index contributed by atoms with van der Waals surface area (Å²) in [6, 6.07) is 11.2. The number of ether oxygens (including phenoxy) is 1. The highest BCUT2D eigenvalue weighted by molar-refractivity contribution is 5.19. The lowest BCUT2D eigenvalue weighted by Crippen LogP contribution is -2.42. The van der Waals surface area contributed by atoms with Crippen molar-refractivity contribution in [1.29, 1.82) is 0 Å². The van der Waals surface area contributed by atoms with Crippen LogP contribution in [0.1, 0.15) is 37.8 Å². The molecule has 106 valence electrons. The fourth-order valence-electron chi connectivity index (χ4n) is 3.01. The standard InChI is InChI=1S/C16H26N2O/c1-2-19-15-9-6-12-18(13-15)16(10-11-17)14-7-4-3-5-8-14/h3-5,7-8,15-16H,2,6,9-13,17H2,1H3. The Kier molecular flexibility index (Phi) is 5.83. The van der Waals surface area contributed by atoms with Gasteiger partial charge in [0.15, 0.2) is 0 Å². The van der Waals surface area contributed by atoms with Crippen LogP contribution < -0.4 is 5.73 Å². The van der Waals surface area contributed by atoms with E-state index in [0.29, 0.717) is 12.1 Å². The largest absolute Gasteiger partial charge is 0.377 e. The molecule has 2 unspecified atom stereocenters. The van der Waals surface area contributed by atoms with E-state index < -0.39 is 0 Å². The molecular formula is C16H26N2O. The first-order valence-corrected chi connectivity index (χ1v) is 7.45. The molecule has 19 heavy (non-hydrogen) atoms. The van der Waals surface area contributed by atoms with E-state index in [4.69, 9.17) is 10.5 Å². The highest BCUT2D eigenvalue weighted by Crippen LogP contribution is 2.27. The summed E-state index contributed by atoms with van der Waals surface area (Å²) in [4.78, 5) is 2.55. The van der Waals surface area contributed by atoms with Gasteiger partial charge < -0.3 is 10.5 Å². The van der Waals surface area contributed by atoms with Crippen LogP contribution in [0.2, 0.25) is 0 Å². The molecule has 1 fully saturated rings. The minimum atomic E-state index is 0.391. The van der Waals surface area contributed by atoms with Gasteiger partial charge in [-0.05, 0) is 44.8 Å². The van der Waals surface area contributed by atoms with E-state index in [-0.39, 0.29) is 0 Å². The van der Waals surface area contributed by atoms with Crippen molar-refractivity contribution in [3.05, 3.63) is 35.9 Å².